The number of fused-ring (bicyclic) bond motifs is 5. The van der Waals surface area contributed by atoms with Gasteiger partial charge in [-0.3, -0.25) is 0 Å². The maximum absolute atomic E-state index is 4.58. The molecule has 0 fully saturated rings. The van der Waals surface area contributed by atoms with Gasteiger partial charge in [0.25, 0.3) is 0 Å². The van der Waals surface area contributed by atoms with Crippen molar-refractivity contribution in [3.8, 4) is 0 Å². The molecule has 0 atom stereocenters. The van der Waals surface area contributed by atoms with E-state index >= 15 is 0 Å². The van der Waals surface area contributed by atoms with Crippen LogP contribution in [0.15, 0.2) is 107 Å². The Hall–Kier alpha value is -3.26. The molecule has 2 heterocycles. The quantitative estimate of drug-likeness (QED) is 0.266. The van der Waals surface area contributed by atoms with Gasteiger partial charge in [-0.05, 0) is 82.6 Å². The lowest BCUT2D eigenvalue weighted by Gasteiger charge is -2.18. The fourth-order valence-corrected chi connectivity index (χ4v) is 3.80. The Kier molecular flexibility index (Phi) is 5.89. The third kappa shape index (κ3) is 4.17. The number of aryl methyl sites for hydroxylation is 2. The number of benzene rings is 3. The maximum Gasteiger partial charge on any atom is 0.0902 e. The van der Waals surface area contributed by atoms with E-state index in [1.807, 2.05) is 24.3 Å². The van der Waals surface area contributed by atoms with Crippen molar-refractivity contribution >= 4 is 21.5 Å². The highest BCUT2D eigenvalue weighted by atomic mass is 16.3. The van der Waals surface area contributed by atoms with E-state index in [-0.39, 0.29) is 0 Å². The minimum atomic E-state index is 1.25. The summed E-state index contributed by atoms with van der Waals surface area (Å²) in [5.41, 5.74) is 3.17. The van der Waals surface area contributed by atoms with E-state index in [4.69, 9.17) is 0 Å². The highest BCUT2D eigenvalue weighted by Gasteiger charge is 2.13. The molecule has 28 heavy (non-hydrogen) atoms. The molecule has 6 rings (SSSR count). The molecule has 0 saturated carbocycles. The summed E-state index contributed by atoms with van der Waals surface area (Å²) in [5, 5.41) is 5.64. The van der Waals surface area contributed by atoms with Crippen molar-refractivity contribution in [2.45, 2.75) is 25.7 Å². The van der Waals surface area contributed by atoms with Crippen LogP contribution < -0.4 is 0 Å². The molecule has 1 aliphatic rings. The SMILES string of the molecule is c1ccc2c(c1)ccc1c3c(ccc12)CCCC3.c1ccoc1.c1ccoc1. The lowest BCUT2D eigenvalue weighted by Crippen LogP contribution is -2.02. The molecule has 3 aromatic carbocycles. The predicted octanol–water partition coefficient (Wildman–Crippen LogP) is 7.43. The first-order valence-electron chi connectivity index (χ1n) is 9.80. The van der Waals surface area contributed by atoms with E-state index in [9.17, 15) is 0 Å². The van der Waals surface area contributed by atoms with Gasteiger partial charge in [0.05, 0.1) is 25.1 Å². The first kappa shape index (κ1) is 18.1. The molecule has 0 N–H and O–H groups in total. The Morgan fingerprint density at radius 1 is 0.500 bits per heavy atom. The summed E-state index contributed by atoms with van der Waals surface area (Å²) in [6, 6.07) is 25.3. The van der Waals surface area contributed by atoms with E-state index in [1.165, 1.54) is 47.2 Å². The van der Waals surface area contributed by atoms with Crippen molar-refractivity contribution in [1.82, 2.24) is 0 Å². The van der Waals surface area contributed by atoms with Gasteiger partial charge in [0.2, 0.25) is 0 Å². The average molecular weight is 368 g/mol. The van der Waals surface area contributed by atoms with Crippen molar-refractivity contribution in [2.75, 3.05) is 0 Å². The zero-order valence-corrected chi connectivity index (χ0v) is 15.9. The van der Waals surface area contributed by atoms with E-state index < -0.39 is 0 Å². The lowest BCUT2D eigenvalue weighted by molar-refractivity contribution is 0.567. The zero-order valence-electron chi connectivity index (χ0n) is 15.9. The zero-order chi connectivity index (χ0) is 19.0. The summed E-state index contributed by atoms with van der Waals surface area (Å²) in [4.78, 5) is 0. The Morgan fingerprint density at radius 3 is 1.82 bits per heavy atom. The second-order valence-electron chi connectivity index (χ2n) is 6.88. The van der Waals surface area contributed by atoms with Crippen molar-refractivity contribution < 1.29 is 8.83 Å². The summed E-state index contributed by atoms with van der Waals surface area (Å²) >= 11 is 0. The average Bonchev–Trinajstić information content (AvgIpc) is 3.52. The van der Waals surface area contributed by atoms with Crippen LogP contribution in [0, 0.1) is 0 Å². The second-order valence-corrected chi connectivity index (χ2v) is 6.88. The Labute approximate surface area is 165 Å². The lowest BCUT2D eigenvalue weighted by atomic mass is 9.86. The van der Waals surface area contributed by atoms with Crippen LogP contribution >= 0.6 is 0 Å². The minimum Gasteiger partial charge on any atom is -0.473 e. The maximum atomic E-state index is 4.58. The highest BCUT2D eigenvalue weighted by molar-refractivity contribution is 6.08. The van der Waals surface area contributed by atoms with Gasteiger partial charge in [-0.2, -0.15) is 0 Å². The van der Waals surface area contributed by atoms with Crippen LogP contribution in [-0.4, -0.2) is 0 Å². The first-order chi connectivity index (χ1) is 13.9. The van der Waals surface area contributed by atoms with Gasteiger partial charge in [-0.15, -0.1) is 0 Å². The normalized spacial score (nSPS) is 12.4. The molecule has 0 amide bonds. The van der Waals surface area contributed by atoms with Gasteiger partial charge in [0, 0.05) is 0 Å². The molecule has 2 nitrogen and oxygen atoms in total. The number of hydrogen-bond acceptors (Lipinski definition) is 2. The molecule has 0 spiro atoms. The molecule has 0 aliphatic heterocycles. The smallest absolute Gasteiger partial charge is 0.0902 e. The number of rotatable bonds is 0. The molecule has 0 saturated heterocycles. The molecule has 5 aromatic rings. The monoisotopic (exact) mass is 368 g/mol. The minimum absolute atomic E-state index is 1.25. The molecular formula is C26H24O2. The van der Waals surface area contributed by atoms with E-state index in [0.29, 0.717) is 0 Å². The fraction of sp³-hybridized carbons (Fsp3) is 0.154. The van der Waals surface area contributed by atoms with Crippen LogP contribution in [0.3, 0.4) is 0 Å². The summed E-state index contributed by atoms with van der Waals surface area (Å²) in [6.45, 7) is 0. The first-order valence-corrected chi connectivity index (χ1v) is 9.80. The summed E-state index contributed by atoms with van der Waals surface area (Å²) in [7, 11) is 0. The van der Waals surface area contributed by atoms with Crippen molar-refractivity contribution in [1.29, 1.82) is 0 Å². The van der Waals surface area contributed by atoms with Crippen LogP contribution in [-0.2, 0) is 12.8 Å². The molecule has 140 valence electrons. The molecule has 0 radical (unpaired) electrons. The van der Waals surface area contributed by atoms with Crippen LogP contribution in [0.5, 0.6) is 0 Å². The summed E-state index contributed by atoms with van der Waals surface area (Å²) < 4.78 is 9.17. The van der Waals surface area contributed by atoms with Crippen LogP contribution in [0.4, 0.5) is 0 Å². The largest absolute Gasteiger partial charge is 0.473 e. The van der Waals surface area contributed by atoms with E-state index in [1.54, 1.807) is 36.2 Å². The van der Waals surface area contributed by atoms with Gasteiger partial charge in [0.1, 0.15) is 0 Å². The Morgan fingerprint density at radius 2 is 1.14 bits per heavy atom. The van der Waals surface area contributed by atoms with E-state index in [2.05, 4.69) is 57.4 Å². The van der Waals surface area contributed by atoms with E-state index in [0.717, 1.165) is 0 Å². The Bertz CT molecular complexity index is 1050. The summed E-state index contributed by atoms with van der Waals surface area (Å²) in [5.74, 6) is 0. The van der Waals surface area contributed by atoms with Gasteiger partial charge in [0.15, 0.2) is 0 Å². The highest BCUT2D eigenvalue weighted by Crippen LogP contribution is 2.33. The molecule has 1 aliphatic carbocycles. The molecule has 0 unspecified atom stereocenters. The molecular weight excluding hydrogens is 344 g/mol. The Balaban J connectivity index is 0.000000157. The van der Waals surface area contributed by atoms with Gasteiger partial charge in [-0.25, -0.2) is 0 Å². The van der Waals surface area contributed by atoms with Gasteiger partial charge < -0.3 is 8.83 Å². The van der Waals surface area contributed by atoms with Crippen molar-refractivity contribution in [3.63, 3.8) is 0 Å². The predicted molar refractivity (Wildman–Crippen MR) is 116 cm³/mol. The number of furan rings is 2. The third-order valence-electron chi connectivity index (χ3n) is 5.11. The third-order valence-corrected chi connectivity index (χ3v) is 5.11. The van der Waals surface area contributed by atoms with Crippen molar-refractivity contribution in [3.05, 3.63) is 109 Å². The van der Waals surface area contributed by atoms with Crippen LogP contribution in [0.25, 0.3) is 21.5 Å². The molecule has 2 heteroatoms. The standard InChI is InChI=1S/C18H16.2C4H4O/c1-3-7-15-13(5-1)9-11-18-16-8-4-2-6-14(16)10-12-17(15)18;2*1-2-4-5-3-1/h1,3,5,7,9-12H,2,4,6,8H2;2*1-4H. The van der Waals surface area contributed by atoms with Gasteiger partial charge in [-0.1, -0.05) is 48.5 Å². The van der Waals surface area contributed by atoms with Crippen LogP contribution in [0.2, 0.25) is 0 Å². The van der Waals surface area contributed by atoms with Crippen LogP contribution in [0.1, 0.15) is 24.0 Å². The molecule has 0 bridgehead atoms. The van der Waals surface area contributed by atoms with Crippen molar-refractivity contribution in [2.24, 2.45) is 0 Å². The molecule has 2 aromatic heterocycles. The fourth-order valence-electron chi connectivity index (χ4n) is 3.80. The topological polar surface area (TPSA) is 26.3 Å². The second kappa shape index (κ2) is 9.09. The van der Waals surface area contributed by atoms with Gasteiger partial charge >= 0.3 is 0 Å². The summed E-state index contributed by atoms with van der Waals surface area (Å²) in [6.07, 6.45) is 11.7. The number of hydrogen-bond donors (Lipinski definition) is 0.